The lowest BCUT2D eigenvalue weighted by molar-refractivity contribution is -0.112. The lowest BCUT2D eigenvalue weighted by atomic mass is 9.93. The Bertz CT molecular complexity index is 1140. The number of nitrogens with one attached hydrogen (secondary N) is 1. The smallest absolute Gasteiger partial charge is 0.255 e. The lowest BCUT2D eigenvalue weighted by Gasteiger charge is -2.15. The number of nitrogens with zero attached hydrogens (tertiary/aromatic N) is 2. The lowest BCUT2D eigenvalue weighted by Crippen LogP contribution is -2.15. The summed E-state index contributed by atoms with van der Waals surface area (Å²) in [6, 6.07) is 13.3. The molecule has 4 rings (SSSR count). The van der Waals surface area contributed by atoms with Crippen molar-refractivity contribution in [3.8, 4) is 11.4 Å². The predicted octanol–water partition coefficient (Wildman–Crippen LogP) is 5.59. The maximum atomic E-state index is 12.9. The number of ether oxygens (including phenoxy) is 1. The molecule has 1 heterocycles. The molecule has 1 amide bonds. The van der Waals surface area contributed by atoms with E-state index in [1.165, 1.54) is 0 Å². The summed E-state index contributed by atoms with van der Waals surface area (Å²) in [5.41, 5.74) is 5.31. The third-order valence-electron chi connectivity index (χ3n) is 5.01. The molecule has 1 aliphatic carbocycles. The number of imidazole rings is 1. The highest BCUT2D eigenvalue weighted by atomic mass is 35.5. The Labute approximate surface area is 180 Å². The zero-order chi connectivity index (χ0) is 21.1. The van der Waals surface area contributed by atoms with Gasteiger partial charge < -0.3 is 14.6 Å². The number of aromatic nitrogens is 2. The van der Waals surface area contributed by atoms with E-state index in [2.05, 4.69) is 10.3 Å². The minimum Gasteiger partial charge on any atom is -0.494 e. The summed E-state index contributed by atoms with van der Waals surface area (Å²) in [6.07, 6.45) is 9.29. The molecule has 2 aromatic carbocycles. The largest absolute Gasteiger partial charge is 0.494 e. The van der Waals surface area contributed by atoms with Crippen molar-refractivity contribution in [2.75, 3.05) is 12.4 Å². The zero-order valence-corrected chi connectivity index (χ0v) is 17.6. The third kappa shape index (κ3) is 4.31. The molecule has 6 heteroatoms. The molecule has 152 valence electrons. The molecule has 1 N–H and O–H groups in total. The van der Waals surface area contributed by atoms with Crippen molar-refractivity contribution < 1.29 is 9.53 Å². The normalized spacial score (nSPS) is 13.4. The van der Waals surface area contributed by atoms with Crippen LogP contribution in [0.15, 0.2) is 72.7 Å². The number of benzene rings is 2. The maximum absolute atomic E-state index is 12.9. The molecule has 1 aliphatic rings. The van der Waals surface area contributed by atoms with Crippen molar-refractivity contribution in [1.29, 1.82) is 0 Å². The van der Waals surface area contributed by atoms with Gasteiger partial charge in [-0.05, 0) is 61.2 Å². The average molecular weight is 420 g/mol. The molecule has 0 bridgehead atoms. The second kappa shape index (κ2) is 8.59. The number of allylic oxidation sites excluding steroid dienone is 2. The molecular formula is C24H22ClN3O2. The highest BCUT2D eigenvalue weighted by molar-refractivity contribution is 6.30. The molecule has 0 unspecified atom stereocenters. The summed E-state index contributed by atoms with van der Waals surface area (Å²) in [4.78, 5) is 17.1. The van der Waals surface area contributed by atoms with Crippen molar-refractivity contribution in [2.24, 2.45) is 0 Å². The summed E-state index contributed by atoms with van der Waals surface area (Å²) >= 11 is 5.99. The topological polar surface area (TPSA) is 56.1 Å². The second-order valence-corrected chi connectivity index (χ2v) is 7.57. The van der Waals surface area contributed by atoms with Crippen LogP contribution in [0.4, 0.5) is 5.69 Å². The summed E-state index contributed by atoms with van der Waals surface area (Å²) in [5.74, 6) is 0.509. The first kappa shape index (κ1) is 20.0. The first-order valence-electron chi connectivity index (χ1n) is 9.70. The van der Waals surface area contributed by atoms with Crippen molar-refractivity contribution in [1.82, 2.24) is 9.55 Å². The Morgan fingerprint density at radius 1 is 1.20 bits per heavy atom. The SMILES string of the molecule is COc1cc(NC(=O)C2=CCCC(c3ccc(Cl)cc3)=C2)ccc1-n1cnc(C)c1. The van der Waals surface area contributed by atoms with Crippen molar-refractivity contribution in [3.05, 3.63) is 89.0 Å². The van der Waals surface area contributed by atoms with Crippen LogP contribution in [0.5, 0.6) is 5.75 Å². The van der Waals surface area contributed by atoms with Gasteiger partial charge in [0, 0.05) is 28.5 Å². The van der Waals surface area contributed by atoms with Gasteiger partial charge >= 0.3 is 0 Å². The van der Waals surface area contributed by atoms with Crippen LogP contribution in [0.2, 0.25) is 5.02 Å². The van der Waals surface area contributed by atoms with Crippen LogP contribution >= 0.6 is 11.6 Å². The Kier molecular flexibility index (Phi) is 5.72. The van der Waals surface area contributed by atoms with Gasteiger partial charge in [-0.3, -0.25) is 4.79 Å². The van der Waals surface area contributed by atoms with Gasteiger partial charge in [-0.15, -0.1) is 0 Å². The van der Waals surface area contributed by atoms with E-state index in [9.17, 15) is 4.79 Å². The number of hydrogen-bond acceptors (Lipinski definition) is 3. The number of carbonyl (C=O) groups excluding carboxylic acids is 1. The number of rotatable bonds is 5. The van der Waals surface area contributed by atoms with E-state index in [0.29, 0.717) is 22.0 Å². The van der Waals surface area contributed by atoms with Gasteiger partial charge in [0.1, 0.15) is 5.75 Å². The van der Waals surface area contributed by atoms with Crippen molar-refractivity contribution >= 4 is 28.8 Å². The minimum atomic E-state index is -0.144. The summed E-state index contributed by atoms with van der Waals surface area (Å²) in [7, 11) is 1.61. The number of amides is 1. The van der Waals surface area contributed by atoms with Crippen molar-refractivity contribution in [2.45, 2.75) is 19.8 Å². The first-order chi connectivity index (χ1) is 14.5. The van der Waals surface area contributed by atoms with E-state index < -0.39 is 0 Å². The van der Waals surface area contributed by atoms with Crippen LogP contribution in [-0.2, 0) is 4.79 Å². The maximum Gasteiger partial charge on any atom is 0.255 e. The first-order valence-corrected chi connectivity index (χ1v) is 10.1. The molecular weight excluding hydrogens is 398 g/mol. The summed E-state index contributed by atoms with van der Waals surface area (Å²) < 4.78 is 7.42. The molecule has 0 atom stereocenters. The fraction of sp³-hybridized carbons (Fsp3) is 0.167. The summed E-state index contributed by atoms with van der Waals surface area (Å²) in [6.45, 7) is 1.93. The summed E-state index contributed by atoms with van der Waals surface area (Å²) in [5, 5.41) is 3.67. The monoisotopic (exact) mass is 419 g/mol. The third-order valence-corrected chi connectivity index (χ3v) is 5.26. The molecule has 0 saturated heterocycles. The van der Waals surface area contributed by atoms with Gasteiger partial charge in [0.2, 0.25) is 0 Å². The van der Waals surface area contributed by atoms with Crippen LogP contribution in [0.1, 0.15) is 24.1 Å². The number of hydrogen-bond donors (Lipinski definition) is 1. The fourth-order valence-corrected chi connectivity index (χ4v) is 3.60. The number of aryl methyl sites for hydroxylation is 1. The van der Waals surface area contributed by atoms with Gasteiger partial charge in [0.25, 0.3) is 5.91 Å². The second-order valence-electron chi connectivity index (χ2n) is 7.14. The van der Waals surface area contributed by atoms with Crippen LogP contribution < -0.4 is 10.1 Å². The standard InChI is InChI=1S/C24H22ClN3O2/c1-16-14-28(15-26-16)22-11-10-21(13-23(22)30-2)27-24(29)19-5-3-4-18(12-19)17-6-8-20(25)9-7-17/h5-15H,3-4H2,1-2H3,(H,27,29). The van der Waals surface area contributed by atoms with E-state index in [1.54, 1.807) is 13.4 Å². The zero-order valence-electron chi connectivity index (χ0n) is 16.9. The Hall–Kier alpha value is -3.31. The number of carbonyl (C=O) groups is 1. The van der Waals surface area contributed by atoms with Crippen LogP contribution in [0.3, 0.4) is 0 Å². The number of anilines is 1. The molecule has 0 radical (unpaired) electrons. The van der Waals surface area contributed by atoms with E-state index in [-0.39, 0.29) is 5.91 Å². The average Bonchev–Trinajstić information content (AvgIpc) is 3.20. The molecule has 5 nitrogen and oxygen atoms in total. The Morgan fingerprint density at radius 3 is 2.70 bits per heavy atom. The van der Waals surface area contributed by atoms with Gasteiger partial charge in [-0.25, -0.2) is 4.98 Å². The van der Waals surface area contributed by atoms with E-state index in [4.69, 9.17) is 16.3 Å². The van der Waals surface area contributed by atoms with E-state index >= 15 is 0 Å². The molecule has 0 spiro atoms. The molecule has 0 saturated carbocycles. The van der Waals surface area contributed by atoms with Crippen LogP contribution in [-0.4, -0.2) is 22.6 Å². The number of halogens is 1. The highest BCUT2D eigenvalue weighted by Crippen LogP contribution is 2.30. The molecule has 0 aliphatic heterocycles. The highest BCUT2D eigenvalue weighted by Gasteiger charge is 2.15. The molecule has 0 fully saturated rings. The van der Waals surface area contributed by atoms with Crippen LogP contribution in [0.25, 0.3) is 11.3 Å². The molecule has 30 heavy (non-hydrogen) atoms. The van der Waals surface area contributed by atoms with E-state index in [0.717, 1.165) is 35.4 Å². The van der Waals surface area contributed by atoms with Gasteiger partial charge in [-0.2, -0.15) is 0 Å². The Balaban J connectivity index is 1.53. The Morgan fingerprint density at radius 2 is 2.00 bits per heavy atom. The van der Waals surface area contributed by atoms with Gasteiger partial charge in [-0.1, -0.05) is 29.8 Å². The van der Waals surface area contributed by atoms with Gasteiger partial charge in [0.15, 0.2) is 0 Å². The molecule has 1 aromatic heterocycles. The van der Waals surface area contributed by atoms with Gasteiger partial charge in [0.05, 0.1) is 24.8 Å². The number of methoxy groups -OCH3 is 1. The minimum absolute atomic E-state index is 0.144. The van der Waals surface area contributed by atoms with Crippen LogP contribution in [0, 0.1) is 6.92 Å². The van der Waals surface area contributed by atoms with Crippen molar-refractivity contribution in [3.63, 3.8) is 0 Å². The fourth-order valence-electron chi connectivity index (χ4n) is 3.48. The molecule has 3 aromatic rings. The van der Waals surface area contributed by atoms with E-state index in [1.807, 2.05) is 72.3 Å². The predicted molar refractivity (Wildman–Crippen MR) is 120 cm³/mol. The quantitative estimate of drug-likeness (QED) is 0.586.